The quantitative estimate of drug-likeness (QED) is 0.522. The van der Waals surface area contributed by atoms with E-state index in [0.717, 1.165) is 63.6 Å². The highest BCUT2D eigenvalue weighted by Crippen LogP contribution is 2.52. The highest BCUT2D eigenvalue weighted by molar-refractivity contribution is 5.95. The number of piperazine rings is 1. The van der Waals surface area contributed by atoms with Gasteiger partial charge in [-0.05, 0) is 55.9 Å². The van der Waals surface area contributed by atoms with Crippen molar-refractivity contribution in [3.63, 3.8) is 0 Å². The normalized spacial score (nSPS) is 27.8. The Balaban J connectivity index is 1.22. The predicted octanol–water partition coefficient (Wildman–Crippen LogP) is 3.90. The third-order valence-electron chi connectivity index (χ3n) is 11.2. The van der Waals surface area contributed by atoms with Crippen molar-refractivity contribution in [1.82, 2.24) is 19.7 Å². The van der Waals surface area contributed by atoms with Gasteiger partial charge in [0, 0.05) is 62.9 Å². The summed E-state index contributed by atoms with van der Waals surface area (Å²) >= 11 is 0. The van der Waals surface area contributed by atoms with Gasteiger partial charge in [-0.3, -0.25) is 14.4 Å². The van der Waals surface area contributed by atoms with E-state index < -0.39 is 11.0 Å². The van der Waals surface area contributed by atoms with Crippen LogP contribution in [0, 0.1) is 17.3 Å². The Morgan fingerprint density at radius 3 is 2.37 bits per heavy atom. The smallest absolute Gasteiger partial charge is 0.255 e. The first-order valence-electron chi connectivity index (χ1n) is 16.5. The van der Waals surface area contributed by atoms with Gasteiger partial charge >= 0.3 is 0 Å². The van der Waals surface area contributed by atoms with Crippen LogP contribution in [0.5, 0.6) is 0 Å². The monoisotopic (exact) mass is 566 g/mol. The third kappa shape index (κ3) is 5.88. The van der Waals surface area contributed by atoms with Crippen LogP contribution >= 0.6 is 0 Å². The van der Waals surface area contributed by atoms with Crippen LogP contribution in [-0.4, -0.2) is 76.2 Å². The van der Waals surface area contributed by atoms with E-state index in [-0.39, 0.29) is 35.8 Å². The highest BCUT2D eigenvalue weighted by atomic mass is 16.3. The molecule has 1 spiro atoms. The molecule has 226 valence electrons. The number of nitrogens with one attached hydrogen (secondary N) is 1. The van der Waals surface area contributed by atoms with Crippen molar-refractivity contribution >= 4 is 11.8 Å². The zero-order valence-corrected chi connectivity index (χ0v) is 25.0. The largest absolute Gasteiger partial charge is 0.387 e. The Kier molecular flexibility index (Phi) is 8.34. The molecule has 2 atom stereocenters. The number of carbonyl (C=O) groups is 2. The summed E-state index contributed by atoms with van der Waals surface area (Å²) in [5, 5.41) is 15.7. The van der Waals surface area contributed by atoms with E-state index in [9.17, 15) is 19.5 Å². The topological polar surface area (TPSA) is 94.9 Å². The van der Waals surface area contributed by atoms with Gasteiger partial charge in [-0.1, -0.05) is 51.9 Å². The number of likely N-dealkylation sites (tertiary alicyclic amines) is 1. The Labute approximate surface area is 244 Å². The van der Waals surface area contributed by atoms with Gasteiger partial charge in [-0.15, -0.1) is 0 Å². The van der Waals surface area contributed by atoms with Gasteiger partial charge in [0.25, 0.3) is 11.5 Å². The highest BCUT2D eigenvalue weighted by Gasteiger charge is 2.56. The molecule has 2 amide bonds. The van der Waals surface area contributed by atoms with Crippen molar-refractivity contribution in [2.24, 2.45) is 17.3 Å². The predicted molar refractivity (Wildman–Crippen MR) is 159 cm³/mol. The first kappa shape index (κ1) is 28.9. The van der Waals surface area contributed by atoms with Gasteiger partial charge in [0.05, 0.1) is 17.7 Å². The fourth-order valence-corrected chi connectivity index (χ4v) is 8.56. The van der Waals surface area contributed by atoms with Crippen LogP contribution in [0.25, 0.3) is 0 Å². The Bertz CT molecular complexity index is 1170. The van der Waals surface area contributed by atoms with Crippen molar-refractivity contribution < 1.29 is 14.7 Å². The van der Waals surface area contributed by atoms with E-state index in [0.29, 0.717) is 44.1 Å². The molecule has 5 aliphatic rings. The van der Waals surface area contributed by atoms with E-state index in [1.807, 2.05) is 9.80 Å². The second-order valence-electron chi connectivity index (χ2n) is 14.1. The van der Waals surface area contributed by atoms with Crippen molar-refractivity contribution in [2.75, 3.05) is 39.3 Å². The minimum atomic E-state index is -1.09. The first-order valence-corrected chi connectivity index (χ1v) is 16.5. The van der Waals surface area contributed by atoms with Crippen molar-refractivity contribution in [2.45, 2.75) is 108 Å². The lowest BCUT2D eigenvalue weighted by Gasteiger charge is -2.53. The van der Waals surface area contributed by atoms with Gasteiger partial charge < -0.3 is 24.8 Å². The molecular formula is C33H50N4O4. The summed E-state index contributed by atoms with van der Waals surface area (Å²) in [5.41, 5.74) is -0.132. The van der Waals surface area contributed by atoms with Gasteiger partial charge in [0.15, 0.2) is 0 Å². The molecule has 1 aromatic heterocycles. The number of pyridine rings is 1. The van der Waals surface area contributed by atoms with Crippen LogP contribution in [0.3, 0.4) is 0 Å². The number of hydrogen-bond acceptors (Lipinski definition) is 5. The molecule has 3 heterocycles. The lowest BCUT2D eigenvalue weighted by Crippen LogP contribution is -2.62. The molecule has 2 saturated heterocycles. The fourth-order valence-electron chi connectivity index (χ4n) is 8.56. The van der Waals surface area contributed by atoms with E-state index >= 15 is 0 Å². The molecule has 2 N–H and O–H groups in total. The van der Waals surface area contributed by atoms with Crippen LogP contribution < -0.4 is 10.9 Å². The van der Waals surface area contributed by atoms with Crippen LogP contribution in [0.4, 0.5) is 0 Å². The zero-order chi connectivity index (χ0) is 28.6. The molecule has 8 heteroatoms. The summed E-state index contributed by atoms with van der Waals surface area (Å²) in [6.07, 6.45) is 15.4. The van der Waals surface area contributed by atoms with Gasteiger partial charge in [0.1, 0.15) is 0 Å². The van der Waals surface area contributed by atoms with Gasteiger partial charge in [0.2, 0.25) is 5.91 Å². The van der Waals surface area contributed by atoms with E-state index in [1.165, 1.54) is 32.1 Å². The molecule has 1 unspecified atom stereocenters. The molecule has 6 rings (SSSR count). The summed E-state index contributed by atoms with van der Waals surface area (Å²) in [5.74, 6) is 1.19. The number of carbonyl (C=O) groups excluding carboxylic acids is 2. The van der Waals surface area contributed by atoms with Crippen LogP contribution in [0.15, 0.2) is 17.1 Å². The SMILES string of the molecule is CC(CC1CCCCC1)C(=O)N1CC[C@](O)(Cn2cc(C(=O)N3CCNCC3)c(C3CC3)cc2=O)C2(CCCC2)C1. The summed E-state index contributed by atoms with van der Waals surface area (Å²) in [6.45, 7) is 6.25. The van der Waals surface area contributed by atoms with E-state index in [2.05, 4.69) is 12.2 Å². The average Bonchev–Trinajstić information content (AvgIpc) is 3.73. The first-order chi connectivity index (χ1) is 19.8. The van der Waals surface area contributed by atoms with Crippen LogP contribution in [0.1, 0.15) is 112 Å². The number of piperidine rings is 1. The number of nitrogens with zero attached hydrogens (tertiary/aromatic N) is 3. The molecule has 3 aliphatic carbocycles. The average molecular weight is 567 g/mol. The molecule has 5 fully saturated rings. The molecule has 8 nitrogen and oxygen atoms in total. The minimum absolute atomic E-state index is 0.00270. The molecule has 0 radical (unpaired) electrons. The molecule has 1 aromatic rings. The van der Waals surface area contributed by atoms with Crippen molar-refractivity contribution in [3.8, 4) is 0 Å². The molecule has 2 aliphatic heterocycles. The standard InChI is InChI=1S/C33H50N4O4/c1-24(19-25-7-3-2-4-8-25)30(39)36-16-13-33(41,32(22-36)11-5-6-12-32)23-37-21-28(27(20-29(37)38)26-9-10-26)31(40)35-17-14-34-15-18-35/h20-21,24-26,34,41H,2-19,22-23H2,1H3/t24?,33-/m0/s1. The van der Waals surface area contributed by atoms with Gasteiger partial charge in [-0.25, -0.2) is 0 Å². The van der Waals surface area contributed by atoms with E-state index in [1.54, 1.807) is 16.8 Å². The maximum Gasteiger partial charge on any atom is 0.255 e. The number of aromatic nitrogens is 1. The number of rotatable bonds is 7. The fraction of sp³-hybridized carbons (Fsp3) is 0.788. The summed E-state index contributed by atoms with van der Waals surface area (Å²) < 4.78 is 1.62. The number of hydrogen-bond donors (Lipinski definition) is 2. The second kappa shape index (κ2) is 11.8. The van der Waals surface area contributed by atoms with Crippen LogP contribution in [0.2, 0.25) is 0 Å². The second-order valence-corrected chi connectivity index (χ2v) is 14.1. The van der Waals surface area contributed by atoms with Gasteiger partial charge in [-0.2, -0.15) is 0 Å². The number of aliphatic hydroxyl groups is 1. The lowest BCUT2D eigenvalue weighted by molar-refractivity contribution is -0.163. The molecule has 0 aromatic carbocycles. The number of amides is 2. The summed E-state index contributed by atoms with van der Waals surface area (Å²) in [4.78, 5) is 44.7. The lowest BCUT2D eigenvalue weighted by atomic mass is 9.65. The Morgan fingerprint density at radius 2 is 1.68 bits per heavy atom. The Hall–Kier alpha value is -2.19. The maximum atomic E-state index is 13.7. The van der Waals surface area contributed by atoms with Crippen LogP contribution in [-0.2, 0) is 11.3 Å². The molecule has 0 bridgehead atoms. The van der Waals surface area contributed by atoms with E-state index in [4.69, 9.17) is 0 Å². The third-order valence-corrected chi connectivity index (χ3v) is 11.2. The summed E-state index contributed by atoms with van der Waals surface area (Å²) in [6, 6.07) is 1.67. The molecule has 41 heavy (non-hydrogen) atoms. The Morgan fingerprint density at radius 1 is 0.976 bits per heavy atom. The van der Waals surface area contributed by atoms with Crippen molar-refractivity contribution in [1.29, 1.82) is 0 Å². The molecule has 3 saturated carbocycles. The molecular weight excluding hydrogens is 516 g/mol. The summed E-state index contributed by atoms with van der Waals surface area (Å²) in [7, 11) is 0. The minimum Gasteiger partial charge on any atom is -0.387 e. The zero-order valence-electron chi connectivity index (χ0n) is 25.0. The maximum absolute atomic E-state index is 13.7. The van der Waals surface area contributed by atoms with Crippen molar-refractivity contribution in [3.05, 3.63) is 33.7 Å².